The van der Waals surface area contributed by atoms with Crippen molar-refractivity contribution in [2.75, 3.05) is 12.4 Å². The quantitative estimate of drug-likeness (QED) is 0.708. The molecule has 8 heteroatoms. The molecule has 0 saturated heterocycles. The second kappa shape index (κ2) is 8.02. The lowest BCUT2D eigenvalue weighted by atomic mass is 10.2. The van der Waals surface area contributed by atoms with Crippen LogP contribution in [0.5, 0.6) is 11.6 Å². The van der Waals surface area contributed by atoms with Crippen molar-refractivity contribution in [1.29, 1.82) is 0 Å². The van der Waals surface area contributed by atoms with Crippen LogP contribution in [0.4, 0.5) is 10.2 Å². The number of ether oxygens (including phenoxy) is 1. The van der Waals surface area contributed by atoms with Gasteiger partial charge in [0.25, 0.3) is 5.91 Å². The fourth-order valence-electron chi connectivity index (χ4n) is 2.11. The van der Waals surface area contributed by atoms with Gasteiger partial charge < -0.3 is 15.4 Å². The van der Waals surface area contributed by atoms with Crippen LogP contribution in [0.1, 0.15) is 16.1 Å². The summed E-state index contributed by atoms with van der Waals surface area (Å²) < 4.78 is 18.5. The Morgan fingerprint density at radius 1 is 1.12 bits per heavy atom. The number of carbonyl (C=O) groups excluding carboxylic acids is 1. The van der Waals surface area contributed by atoms with E-state index >= 15 is 0 Å². The molecule has 0 bridgehead atoms. The van der Waals surface area contributed by atoms with Gasteiger partial charge in [0.05, 0.1) is 0 Å². The predicted octanol–water partition coefficient (Wildman–Crippen LogP) is 2.77. The Kier molecular flexibility index (Phi) is 5.33. The molecular weight excluding hydrogens is 337 g/mol. The van der Waals surface area contributed by atoms with Crippen LogP contribution in [0, 0.1) is 5.82 Å². The van der Waals surface area contributed by atoms with Crippen LogP contribution < -0.4 is 15.4 Å². The Morgan fingerprint density at radius 3 is 2.62 bits per heavy atom. The molecule has 0 fully saturated rings. The van der Waals surface area contributed by atoms with Crippen molar-refractivity contribution >= 4 is 11.7 Å². The summed E-state index contributed by atoms with van der Waals surface area (Å²) in [6.45, 7) is 0.469. The Labute approximate surface area is 149 Å². The van der Waals surface area contributed by atoms with Crippen LogP contribution in [0.3, 0.4) is 0 Å². The van der Waals surface area contributed by atoms with E-state index in [9.17, 15) is 9.18 Å². The van der Waals surface area contributed by atoms with Crippen molar-refractivity contribution in [2.24, 2.45) is 0 Å². The van der Waals surface area contributed by atoms with Crippen LogP contribution >= 0.6 is 0 Å². The largest absolute Gasteiger partial charge is 0.439 e. The molecule has 7 nitrogen and oxygen atoms in total. The van der Waals surface area contributed by atoms with E-state index in [1.807, 2.05) is 6.07 Å². The van der Waals surface area contributed by atoms with Gasteiger partial charge in [-0.1, -0.05) is 0 Å². The van der Waals surface area contributed by atoms with Gasteiger partial charge in [0.2, 0.25) is 5.88 Å². The summed E-state index contributed by atoms with van der Waals surface area (Å²) in [7, 11) is 1.53. The monoisotopic (exact) mass is 353 g/mol. The van der Waals surface area contributed by atoms with Gasteiger partial charge in [-0.2, -0.15) is 0 Å². The summed E-state index contributed by atoms with van der Waals surface area (Å²) in [6, 6.07) is 12.6. The third-order valence-electron chi connectivity index (χ3n) is 3.43. The highest BCUT2D eigenvalue weighted by Gasteiger charge is 2.06. The lowest BCUT2D eigenvalue weighted by Crippen LogP contribution is -2.19. The second-order valence-corrected chi connectivity index (χ2v) is 5.29. The number of halogens is 1. The fourth-order valence-corrected chi connectivity index (χ4v) is 2.11. The first-order chi connectivity index (χ1) is 12.6. The van der Waals surface area contributed by atoms with Gasteiger partial charge in [-0.15, -0.1) is 10.2 Å². The van der Waals surface area contributed by atoms with Crippen molar-refractivity contribution in [2.45, 2.75) is 6.54 Å². The fraction of sp³-hybridized carbons (Fsp3) is 0.111. The molecule has 1 aromatic carbocycles. The maximum absolute atomic E-state index is 12.9. The third-order valence-corrected chi connectivity index (χ3v) is 3.43. The zero-order valence-electron chi connectivity index (χ0n) is 13.9. The average Bonchev–Trinajstić information content (AvgIpc) is 2.68. The molecule has 2 N–H and O–H groups in total. The first-order valence-corrected chi connectivity index (χ1v) is 7.82. The van der Waals surface area contributed by atoms with Crippen LogP contribution in [0.2, 0.25) is 0 Å². The van der Waals surface area contributed by atoms with Crippen molar-refractivity contribution in [3.8, 4) is 11.6 Å². The van der Waals surface area contributed by atoms with Gasteiger partial charge in [0.15, 0.2) is 5.69 Å². The van der Waals surface area contributed by atoms with Gasteiger partial charge in [0, 0.05) is 25.9 Å². The lowest BCUT2D eigenvalue weighted by Gasteiger charge is -2.08. The van der Waals surface area contributed by atoms with Gasteiger partial charge in [0.1, 0.15) is 17.4 Å². The maximum atomic E-state index is 12.9. The Bertz CT molecular complexity index is 885. The summed E-state index contributed by atoms with van der Waals surface area (Å²) in [5.41, 5.74) is 1.16. The van der Waals surface area contributed by atoms with Crippen LogP contribution in [-0.4, -0.2) is 28.1 Å². The van der Waals surface area contributed by atoms with Crippen molar-refractivity contribution in [1.82, 2.24) is 20.5 Å². The predicted molar refractivity (Wildman–Crippen MR) is 93.5 cm³/mol. The van der Waals surface area contributed by atoms with E-state index in [0.717, 1.165) is 5.56 Å². The normalized spacial score (nSPS) is 10.2. The van der Waals surface area contributed by atoms with Crippen molar-refractivity contribution < 1.29 is 13.9 Å². The second-order valence-electron chi connectivity index (χ2n) is 5.29. The summed E-state index contributed by atoms with van der Waals surface area (Å²) in [5.74, 6) is 0.819. The molecule has 132 valence electrons. The first-order valence-electron chi connectivity index (χ1n) is 7.82. The van der Waals surface area contributed by atoms with E-state index in [4.69, 9.17) is 4.74 Å². The van der Waals surface area contributed by atoms with Gasteiger partial charge in [-0.3, -0.25) is 4.79 Å². The molecule has 3 rings (SSSR count). The van der Waals surface area contributed by atoms with E-state index < -0.39 is 0 Å². The van der Waals surface area contributed by atoms with Crippen molar-refractivity contribution in [3.05, 3.63) is 71.8 Å². The van der Waals surface area contributed by atoms with Gasteiger partial charge in [-0.05, 0) is 48.0 Å². The smallest absolute Gasteiger partial charge is 0.271 e. The number of aromatic nitrogens is 3. The molecule has 0 atom stereocenters. The zero-order valence-corrected chi connectivity index (χ0v) is 13.9. The summed E-state index contributed by atoms with van der Waals surface area (Å²) in [4.78, 5) is 15.6. The average molecular weight is 353 g/mol. The molecule has 2 aromatic heterocycles. The number of amides is 1. The van der Waals surface area contributed by atoms with E-state index in [0.29, 0.717) is 24.0 Å². The topological polar surface area (TPSA) is 89.0 Å². The number of nitrogens with one attached hydrogen (secondary N) is 2. The highest BCUT2D eigenvalue weighted by molar-refractivity contribution is 5.91. The molecule has 0 radical (unpaired) electrons. The van der Waals surface area contributed by atoms with Crippen LogP contribution in [-0.2, 0) is 6.54 Å². The minimum Gasteiger partial charge on any atom is -0.439 e. The summed E-state index contributed by atoms with van der Waals surface area (Å²) in [5, 5.41) is 13.4. The molecule has 0 aliphatic carbocycles. The summed E-state index contributed by atoms with van der Waals surface area (Å²) >= 11 is 0. The number of rotatable bonds is 6. The Hall–Kier alpha value is -3.55. The van der Waals surface area contributed by atoms with Crippen LogP contribution in [0.25, 0.3) is 0 Å². The molecule has 0 spiro atoms. The van der Waals surface area contributed by atoms with Gasteiger partial charge in [-0.25, -0.2) is 9.37 Å². The molecule has 3 aromatic rings. The van der Waals surface area contributed by atoms with E-state index in [1.165, 1.54) is 31.3 Å². The van der Waals surface area contributed by atoms with Crippen LogP contribution in [0.15, 0.2) is 54.7 Å². The lowest BCUT2D eigenvalue weighted by molar-refractivity contribution is 0.0957. The van der Waals surface area contributed by atoms with Gasteiger partial charge >= 0.3 is 0 Å². The molecule has 2 heterocycles. The highest BCUT2D eigenvalue weighted by Crippen LogP contribution is 2.20. The number of hydrogen-bond acceptors (Lipinski definition) is 6. The SMILES string of the molecule is CNC(=O)c1ccc(NCc2ccnc(Oc3ccc(F)cc3)c2)nn1. The number of pyridine rings is 1. The summed E-state index contributed by atoms with van der Waals surface area (Å²) in [6.07, 6.45) is 1.62. The molecule has 26 heavy (non-hydrogen) atoms. The number of anilines is 1. The minimum atomic E-state index is -0.327. The molecule has 0 saturated carbocycles. The first kappa shape index (κ1) is 17.3. The molecule has 0 aliphatic rings. The number of benzene rings is 1. The molecule has 1 amide bonds. The number of nitrogens with zero attached hydrogens (tertiary/aromatic N) is 3. The van der Waals surface area contributed by atoms with E-state index in [-0.39, 0.29) is 17.4 Å². The minimum absolute atomic E-state index is 0.247. The van der Waals surface area contributed by atoms with Crippen molar-refractivity contribution in [3.63, 3.8) is 0 Å². The zero-order chi connectivity index (χ0) is 18.4. The Balaban J connectivity index is 1.61. The number of carbonyl (C=O) groups is 1. The maximum Gasteiger partial charge on any atom is 0.271 e. The third kappa shape index (κ3) is 4.50. The molecular formula is C18H16FN5O2. The van der Waals surface area contributed by atoms with E-state index in [1.54, 1.807) is 24.4 Å². The number of hydrogen-bond donors (Lipinski definition) is 2. The molecule has 0 aliphatic heterocycles. The standard InChI is InChI=1S/C18H16FN5O2/c1-20-18(25)15-6-7-16(24-23-15)22-11-12-8-9-21-17(10-12)26-14-4-2-13(19)3-5-14/h2-10H,11H2,1H3,(H,20,25)(H,22,24). The molecule has 0 unspecified atom stereocenters. The Morgan fingerprint density at radius 2 is 1.92 bits per heavy atom. The van der Waals surface area contributed by atoms with E-state index in [2.05, 4.69) is 25.8 Å². The highest BCUT2D eigenvalue weighted by atomic mass is 19.1.